The Morgan fingerprint density at radius 2 is 1.64 bits per heavy atom. The number of ether oxygens (including phenoxy) is 2. The van der Waals surface area contributed by atoms with E-state index in [0.29, 0.717) is 36.2 Å². The average Bonchev–Trinajstić information content (AvgIpc) is 3.53. The van der Waals surface area contributed by atoms with E-state index in [1.807, 2.05) is 18.2 Å². The third-order valence-corrected chi connectivity index (χ3v) is 16.6. The van der Waals surface area contributed by atoms with E-state index in [4.69, 9.17) is 14.6 Å². The third-order valence-electron chi connectivity index (χ3n) is 16.6. The maximum atomic E-state index is 14.4. The second kappa shape index (κ2) is 11.7. The van der Waals surface area contributed by atoms with Crippen molar-refractivity contribution in [2.24, 2.45) is 67.7 Å². The van der Waals surface area contributed by atoms with Gasteiger partial charge in [0.15, 0.2) is 0 Å². The van der Waals surface area contributed by atoms with Crippen molar-refractivity contribution in [1.29, 1.82) is 0 Å². The fourth-order valence-corrected chi connectivity index (χ4v) is 13.6. The van der Waals surface area contributed by atoms with E-state index in [1.54, 1.807) is 12.7 Å². The summed E-state index contributed by atoms with van der Waals surface area (Å²) in [5, 5.41) is 5.13. The van der Waals surface area contributed by atoms with Crippen molar-refractivity contribution in [3.05, 3.63) is 77.4 Å². The fraction of sp³-hybridized carbons (Fsp3) is 0.644. The van der Waals surface area contributed by atoms with Gasteiger partial charge in [0.2, 0.25) is 0 Å². The number of benzene rings is 2. The van der Waals surface area contributed by atoms with Crippen LogP contribution >= 0.6 is 0 Å². The third kappa shape index (κ3) is 4.62. The van der Waals surface area contributed by atoms with Crippen LogP contribution in [0.15, 0.2) is 71.3 Å². The highest BCUT2D eigenvalue weighted by Crippen LogP contribution is 2.76. The number of hydrazone groups is 1. The standard InChI is InChI=1S/C45H60N2O3/c1-28-20-23-45(40(48)50-27-30-12-10-9-11-13-30)25-24-43(6)34(37(45)29(28)2)18-19-36-42(5)26-33-38(31-14-16-32(49-8)17-15-31)46-47-39(33)41(3,4)35(42)21-22-44(36,43)7/h9-18,28-29,33,35-38,46H,19-27H2,1-8H3/t28-,29-,33-,35+,36-,37-,38+,42+,43+,44-,45-/m1/s1. The van der Waals surface area contributed by atoms with Crippen molar-refractivity contribution >= 4 is 11.7 Å². The van der Waals surface area contributed by atoms with Crippen LogP contribution in [0.1, 0.15) is 117 Å². The summed E-state index contributed by atoms with van der Waals surface area (Å²) in [6, 6.07) is 19.0. The zero-order valence-corrected chi connectivity index (χ0v) is 31.9. The van der Waals surface area contributed by atoms with Gasteiger partial charge in [-0.05, 0) is 120 Å². The summed E-state index contributed by atoms with van der Waals surface area (Å²) in [4.78, 5) is 14.4. The van der Waals surface area contributed by atoms with Crippen LogP contribution < -0.4 is 10.2 Å². The largest absolute Gasteiger partial charge is 0.497 e. The van der Waals surface area contributed by atoms with Crippen molar-refractivity contribution in [3.8, 4) is 5.75 Å². The van der Waals surface area contributed by atoms with Crippen LogP contribution in [0.25, 0.3) is 0 Å². The van der Waals surface area contributed by atoms with Crippen LogP contribution in [0, 0.1) is 62.6 Å². The number of esters is 1. The maximum absolute atomic E-state index is 14.4. The van der Waals surface area contributed by atoms with Crippen LogP contribution in [0.5, 0.6) is 5.75 Å². The topological polar surface area (TPSA) is 59.9 Å². The zero-order valence-electron chi connectivity index (χ0n) is 31.9. The molecule has 0 bridgehead atoms. The Balaban J connectivity index is 1.15. The van der Waals surface area contributed by atoms with Gasteiger partial charge in [-0.15, -0.1) is 0 Å². The minimum absolute atomic E-state index is 0.0235. The molecule has 11 atom stereocenters. The predicted octanol–water partition coefficient (Wildman–Crippen LogP) is 10.3. The summed E-state index contributed by atoms with van der Waals surface area (Å²) < 4.78 is 11.8. The molecule has 1 N–H and O–H groups in total. The molecule has 4 fully saturated rings. The van der Waals surface area contributed by atoms with Crippen LogP contribution in [0.4, 0.5) is 0 Å². The minimum atomic E-state index is -0.421. The highest BCUT2D eigenvalue weighted by atomic mass is 16.5. The number of allylic oxidation sites excluding steroid dienone is 2. The van der Waals surface area contributed by atoms with Crippen LogP contribution in [0.2, 0.25) is 0 Å². The van der Waals surface area contributed by atoms with Gasteiger partial charge in [-0.25, -0.2) is 0 Å². The van der Waals surface area contributed by atoms with E-state index in [2.05, 4.69) is 96.4 Å². The first-order valence-corrected chi connectivity index (χ1v) is 19.7. The molecule has 2 aromatic rings. The molecule has 0 radical (unpaired) electrons. The molecule has 6 aliphatic rings. The first-order valence-electron chi connectivity index (χ1n) is 19.7. The lowest BCUT2D eigenvalue weighted by Crippen LogP contribution is -2.66. The second-order valence-electron chi connectivity index (χ2n) is 18.8. The summed E-state index contributed by atoms with van der Waals surface area (Å²) in [7, 11) is 1.73. The van der Waals surface area contributed by atoms with Gasteiger partial charge >= 0.3 is 5.97 Å². The highest BCUT2D eigenvalue weighted by Gasteiger charge is 2.70. The molecule has 268 valence electrons. The van der Waals surface area contributed by atoms with Crippen LogP contribution in [-0.2, 0) is 16.1 Å². The maximum Gasteiger partial charge on any atom is 0.313 e. The summed E-state index contributed by atoms with van der Waals surface area (Å²) >= 11 is 0. The lowest BCUT2D eigenvalue weighted by Gasteiger charge is -2.71. The molecule has 5 heteroatoms. The molecule has 1 aliphatic heterocycles. The van der Waals surface area contributed by atoms with Crippen LogP contribution in [-0.4, -0.2) is 18.8 Å². The Hall–Kier alpha value is -3.08. The molecule has 4 saturated carbocycles. The summed E-state index contributed by atoms with van der Waals surface area (Å²) in [5.41, 5.74) is 8.99. The zero-order chi connectivity index (χ0) is 35.3. The summed E-state index contributed by atoms with van der Waals surface area (Å²) in [6.07, 6.45) is 11.5. The normalized spacial score (nSPS) is 42.6. The van der Waals surface area contributed by atoms with E-state index >= 15 is 0 Å². The Morgan fingerprint density at radius 3 is 2.36 bits per heavy atom. The quantitative estimate of drug-likeness (QED) is 0.253. The number of nitrogens with one attached hydrogen (secondary N) is 1. The molecule has 2 aromatic carbocycles. The van der Waals surface area contributed by atoms with Crippen molar-refractivity contribution < 1.29 is 14.3 Å². The van der Waals surface area contributed by atoms with Crippen LogP contribution in [0.3, 0.4) is 0 Å². The molecule has 50 heavy (non-hydrogen) atoms. The van der Waals surface area contributed by atoms with Gasteiger partial charge in [0, 0.05) is 17.0 Å². The number of carbonyl (C=O) groups is 1. The van der Waals surface area contributed by atoms with E-state index in [1.165, 1.54) is 24.1 Å². The van der Waals surface area contributed by atoms with Crippen molar-refractivity contribution in [1.82, 2.24) is 5.43 Å². The second-order valence-corrected chi connectivity index (χ2v) is 18.8. The van der Waals surface area contributed by atoms with Gasteiger partial charge in [-0.3, -0.25) is 4.79 Å². The molecule has 0 saturated heterocycles. The molecule has 5 aliphatic carbocycles. The lowest BCUT2D eigenvalue weighted by molar-refractivity contribution is -0.187. The number of hydrogen-bond donors (Lipinski definition) is 1. The van der Waals surface area contributed by atoms with Gasteiger partial charge in [0.05, 0.1) is 18.6 Å². The number of carbonyl (C=O) groups excluding carboxylic acids is 1. The molecule has 0 amide bonds. The molecule has 8 rings (SSSR count). The fourth-order valence-electron chi connectivity index (χ4n) is 13.6. The first kappa shape index (κ1) is 34.0. The number of fused-ring (bicyclic) bond motifs is 8. The minimum Gasteiger partial charge on any atom is -0.497 e. The predicted molar refractivity (Wildman–Crippen MR) is 200 cm³/mol. The SMILES string of the molecule is COc1ccc([C@@H]2NN=C3[C@@H]2C[C@]2(C)[C@H]4CC=C5[C@H]6[C@H](C)[C@H](C)CC[C@@]6(C(=O)OCc6ccccc6)CC[C@]5(C)[C@]4(C)CC[C@H]2C3(C)C)cc1. The van der Waals surface area contributed by atoms with E-state index < -0.39 is 5.41 Å². The first-order chi connectivity index (χ1) is 23.8. The Bertz CT molecular complexity index is 1700. The summed E-state index contributed by atoms with van der Waals surface area (Å²) in [5.74, 6) is 3.78. The van der Waals surface area contributed by atoms with Crippen molar-refractivity contribution in [2.75, 3.05) is 7.11 Å². The molecule has 0 aromatic heterocycles. The smallest absolute Gasteiger partial charge is 0.313 e. The van der Waals surface area contributed by atoms with E-state index in [-0.39, 0.29) is 39.6 Å². The van der Waals surface area contributed by atoms with Gasteiger partial charge in [0.25, 0.3) is 0 Å². The van der Waals surface area contributed by atoms with Gasteiger partial charge in [-0.2, -0.15) is 5.10 Å². The van der Waals surface area contributed by atoms with Gasteiger partial charge < -0.3 is 14.9 Å². The van der Waals surface area contributed by atoms with Gasteiger partial charge in [-0.1, -0.05) is 103 Å². The number of hydrogen-bond acceptors (Lipinski definition) is 5. The number of methoxy groups -OCH3 is 1. The average molecular weight is 677 g/mol. The highest BCUT2D eigenvalue weighted by molar-refractivity contribution is 5.95. The van der Waals surface area contributed by atoms with Gasteiger partial charge in [0.1, 0.15) is 12.4 Å². The molecular formula is C45H60N2O3. The van der Waals surface area contributed by atoms with Crippen molar-refractivity contribution in [3.63, 3.8) is 0 Å². The lowest BCUT2D eigenvalue weighted by atomic mass is 9.33. The molecule has 0 unspecified atom stereocenters. The molecule has 0 spiro atoms. The summed E-state index contributed by atoms with van der Waals surface area (Å²) in [6.45, 7) is 18.2. The Morgan fingerprint density at radius 1 is 0.900 bits per heavy atom. The molecular weight excluding hydrogens is 617 g/mol. The number of nitrogens with zero attached hydrogens (tertiary/aromatic N) is 1. The Kier molecular flexibility index (Phi) is 7.98. The van der Waals surface area contributed by atoms with Crippen molar-refractivity contribution in [2.45, 2.75) is 112 Å². The number of rotatable bonds is 5. The monoisotopic (exact) mass is 676 g/mol. The molecule has 5 nitrogen and oxygen atoms in total. The molecule has 1 heterocycles. The van der Waals surface area contributed by atoms with E-state index in [0.717, 1.165) is 49.8 Å². The Labute approximate surface area is 301 Å². The van der Waals surface area contributed by atoms with E-state index in [9.17, 15) is 4.79 Å².